The molecule has 0 aromatic heterocycles. The van der Waals surface area contributed by atoms with Crippen LogP contribution in [-0.4, -0.2) is 36.1 Å². The van der Waals surface area contributed by atoms with Gasteiger partial charge in [-0.3, -0.25) is 0 Å². The molecule has 156 valence electrons. The maximum absolute atomic E-state index is 12.2. The summed E-state index contributed by atoms with van der Waals surface area (Å²) in [7, 11) is -5.13. The molecule has 0 saturated carbocycles. The van der Waals surface area contributed by atoms with Crippen molar-refractivity contribution in [1.82, 2.24) is 0 Å². The summed E-state index contributed by atoms with van der Waals surface area (Å²) < 4.78 is 58.8. The number of nitrogens with two attached hydrogens (primary N) is 2. The molecule has 0 unspecified atom stereocenters. The zero-order valence-corrected chi connectivity index (χ0v) is 17.5. The number of sulfone groups is 2. The van der Waals surface area contributed by atoms with E-state index < -0.39 is 24.8 Å². The van der Waals surface area contributed by atoms with Gasteiger partial charge < -0.3 is 20.9 Å². The van der Waals surface area contributed by atoms with E-state index in [9.17, 15) is 16.8 Å². The second-order valence-corrected chi connectivity index (χ2v) is 10.2. The van der Waals surface area contributed by atoms with Gasteiger partial charge in [0.2, 0.25) is 0 Å². The van der Waals surface area contributed by atoms with Gasteiger partial charge in [-0.25, -0.2) is 16.8 Å². The van der Waals surface area contributed by atoms with Crippen molar-refractivity contribution < 1.29 is 26.3 Å². The number of hydrogen-bond acceptors (Lipinski definition) is 8. The molecule has 2 rings (SSSR count). The van der Waals surface area contributed by atoms with Crippen molar-refractivity contribution in [2.24, 2.45) is 0 Å². The summed E-state index contributed by atoms with van der Waals surface area (Å²) in [5.41, 5.74) is 13.2. The maximum Gasteiger partial charge on any atom is 0.186 e. The van der Waals surface area contributed by atoms with Crippen molar-refractivity contribution in [2.75, 3.05) is 30.8 Å². The molecule has 0 atom stereocenters. The van der Waals surface area contributed by atoms with E-state index >= 15 is 0 Å². The van der Waals surface area contributed by atoms with Gasteiger partial charge >= 0.3 is 0 Å². The molecular weight excluding hydrogens is 416 g/mol. The van der Waals surface area contributed by atoms with Crippen molar-refractivity contribution in [1.29, 1.82) is 0 Å². The van der Waals surface area contributed by atoms with Gasteiger partial charge in [0.05, 0.1) is 25.6 Å². The highest BCUT2D eigenvalue weighted by Gasteiger charge is 2.17. The third-order valence-electron chi connectivity index (χ3n) is 3.77. The molecule has 0 amide bonds. The fourth-order valence-electron chi connectivity index (χ4n) is 2.38. The highest BCUT2D eigenvalue weighted by Crippen LogP contribution is 2.24. The molecule has 10 heteroatoms. The zero-order valence-electron chi connectivity index (χ0n) is 15.9. The van der Waals surface area contributed by atoms with Gasteiger partial charge in [0.15, 0.2) is 24.8 Å². The summed E-state index contributed by atoms with van der Waals surface area (Å²) in [4.78, 5) is 0. The van der Waals surface area contributed by atoms with Crippen LogP contribution in [0.2, 0.25) is 0 Å². The smallest absolute Gasteiger partial charge is 0.186 e. The lowest BCUT2D eigenvalue weighted by atomic mass is 10.2. The van der Waals surface area contributed by atoms with Crippen LogP contribution >= 0.6 is 0 Å². The molecule has 2 aromatic rings. The maximum atomic E-state index is 12.2. The number of nitrogen functional groups attached to an aromatic ring is 2. The van der Waals surface area contributed by atoms with E-state index in [1.165, 1.54) is 38.5 Å². The Balaban J connectivity index is 2.13. The predicted molar refractivity (Wildman–Crippen MR) is 116 cm³/mol. The summed E-state index contributed by atoms with van der Waals surface area (Å²) in [5.74, 6) is 0.911. The molecule has 0 aliphatic rings. The predicted octanol–water partition coefficient (Wildman–Crippen LogP) is 2.30. The molecule has 4 N–H and O–H groups in total. The third kappa shape index (κ3) is 6.54. The minimum absolute atomic E-state index is 0.335. The number of rotatable bonds is 8. The lowest BCUT2D eigenvalue weighted by molar-refractivity contribution is 0.417. The van der Waals surface area contributed by atoms with Gasteiger partial charge in [0.25, 0.3) is 0 Å². The Morgan fingerprint density at radius 3 is 1.45 bits per heavy atom. The fraction of sp³-hybridized carbons (Fsp3) is 0.158. The summed E-state index contributed by atoms with van der Waals surface area (Å²) in [6.45, 7) is 0. The molecule has 0 aliphatic heterocycles. The van der Waals surface area contributed by atoms with Crippen LogP contribution in [0.4, 0.5) is 11.4 Å². The zero-order chi connectivity index (χ0) is 21.7. The number of methoxy groups -OCH3 is 2. The SMILES string of the molecule is COc1ccc(/C=C\S(=O)(=O)CS(=O)(=O)/C=C/c2ccc(OC)c(N)c2)cc1N. The first kappa shape index (κ1) is 22.3. The lowest BCUT2D eigenvalue weighted by Gasteiger charge is -2.05. The van der Waals surface area contributed by atoms with Crippen molar-refractivity contribution in [3.8, 4) is 11.5 Å². The van der Waals surface area contributed by atoms with E-state index in [4.69, 9.17) is 20.9 Å². The molecule has 0 spiro atoms. The highest BCUT2D eigenvalue weighted by atomic mass is 32.3. The van der Waals surface area contributed by atoms with Gasteiger partial charge in [0.1, 0.15) is 11.5 Å². The second kappa shape index (κ2) is 9.01. The average Bonchev–Trinajstić information content (AvgIpc) is 2.64. The van der Waals surface area contributed by atoms with Crippen LogP contribution in [0.15, 0.2) is 47.2 Å². The quantitative estimate of drug-likeness (QED) is 0.599. The molecule has 29 heavy (non-hydrogen) atoms. The Bertz CT molecular complexity index is 1060. The Morgan fingerprint density at radius 1 is 0.759 bits per heavy atom. The first-order valence-electron chi connectivity index (χ1n) is 8.24. The number of hydrogen-bond donors (Lipinski definition) is 2. The molecule has 0 saturated heterocycles. The Morgan fingerprint density at radius 2 is 1.14 bits per heavy atom. The first-order chi connectivity index (χ1) is 13.5. The summed E-state index contributed by atoms with van der Waals surface area (Å²) in [5, 5.41) is 0.611. The van der Waals surface area contributed by atoms with E-state index in [0.717, 1.165) is 10.8 Å². The topological polar surface area (TPSA) is 139 Å². The summed E-state index contributed by atoms with van der Waals surface area (Å²) in [6, 6.07) is 9.41. The van der Waals surface area contributed by atoms with Crippen LogP contribution in [0.25, 0.3) is 12.2 Å². The van der Waals surface area contributed by atoms with Crippen LogP contribution in [0.3, 0.4) is 0 Å². The monoisotopic (exact) mass is 438 g/mol. The van der Waals surface area contributed by atoms with Crippen molar-refractivity contribution >= 4 is 43.2 Å². The molecule has 0 fully saturated rings. The van der Waals surface area contributed by atoms with Crippen molar-refractivity contribution in [3.63, 3.8) is 0 Å². The van der Waals surface area contributed by atoms with E-state index in [0.29, 0.717) is 34.0 Å². The van der Waals surface area contributed by atoms with Crippen LogP contribution in [0.1, 0.15) is 11.1 Å². The molecular formula is C19H22N2O6S2. The third-order valence-corrected chi connectivity index (χ3v) is 7.50. The van der Waals surface area contributed by atoms with Crippen LogP contribution in [-0.2, 0) is 19.7 Å². The standard InChI is InChI=1S/C19H22N2O6S2/c1-26-18-5-3-14(11-16(18)20)7-9-28(22,23)13-29(24,25)10-8-15-4-6-19(27-2)17(21)12-15/h3-12H,13,20-21H2,1-2H3/b9-7-,10-8+. The van der Waals surface area contributed by atoms with Gasteiger partial charge in [-0.05, 0) is 47.5 Å². The van der Waals surface area contributed by atoms with Crippen LogP contribution in [0.5, 0.6) is 11.5 Å². The Labute approximate surface area is 170 Å². The largest absolute Gasteiger partial charge is 0.495 e. The first-order valence-corrected chi connectivity index (χ1v) is 11.7. The van der Waals surface area contributed by atoms with Gasteiger partial charge in [-0.2, -0.15) is 0 Å². The normalized spacial score (nSPS) is 12.5. The highest BCUT2D eigenvalue weighted by molar-refractivity contribution is 8.10. The van der Waals surface area contributed by atoms with Crippen molar-refractivity contribution in [3.05, 3.63) is 58.3 Å². The van der Waals surface area contributed by atoms with E-state index in [2.05, 4.69) is 0 Å². The van der Waals surface area contributed by atoms with E-state index in [1.807, 2.05) is 0 Å². The molecule has 0 aliphatic carbocycles. The van der Waals surface area contributed by atoms with E-state index in [-0.39, 0.29) is 0 Å². The lowest BCUT2D eigenvalue weighted by Crippen LogP contribution is -2.11. The molecule has 0 heterocycles. The van der Waals surface area contributed by atoms with Gasteiger partial charge in [-0.15, -0.1) is 0 Å². The summed E-state index contributed by atoms with van der Waals surface area (Å²) >= 11 is 0. The van der Waals surface area contributed by atoms with Crippen LogP contribution < -0.4 is 20.9 Å². The second-order valence-electron chi connectivity index (χ2n) is 6.05. The number of anilines is 2. The molecule has 2 aromatic carbocycles. The van der Waals surface area contributed by atoms with E-state index in [1.54, 1.807) is 24.3 Å². The Hall–Kier alpha value is -2.98. The number of benzene rings is 2. The Kier molecular flexibility index (Phi) is 6.93. The van der Waals surface area contributed by atoms with Crippen molar-refractivity contribution in [2.45, 2.75) is 0 Å². The molecule has 8 nitrogen and oxygen atoms in total. The minimum Gasteiger partial charge on any atom is -0.495 e. The van der Waals surface area contributed by atoms with Crippen LogP contribution in [0, 0.1) is 0 Å². The molecule has 0 radical (unpaired) electrons. The fourth-order valence-corrected chi connectivity index (χ4v) is 5.57. The average molecular weight is 439 g/mol. The van der Waals surface area contributed by atoms with Gasteiger partial charge in [-0.1, -0.05) is 12.1 Å². The summed E-state index contributed by atoms with van der Waals surface area (Å²) in [6.07, 6.45) is 2.54. The minimum atomic E-state index is -4.03. The molecule has 0 bridgehead atoms. The number of ether oxygens (including phenoxy) is 2. The van der Waals surface area contributed by atoms with Gasteiger partial charge in [0, 0.05) is 10.8 Å².